The van der Waals surface area contributed by atoms with Crippen LogP contribution in [0, 0.1) is 6.92 Å². The van der Waals surface area contributed by atoms with Crippen molar-refractivity contribution in [2.24, 2.45) is 0 Å². The molecular formula is C13H15ClO5S. The lowest BCUT2D eigenvalue weighted by atomic mass is 10.1. The number of carbonyl (C=O) groups is 1. The molecule has 110 valence electrons. The number of rotatable bonds is 4. The SMILES string of the molecule is Cc1ccc(S(=O)(=O)Cl)cc1C(=O)OCC1CCCO1. The summed E-state index contributed by atoms with van der Waals surface area (Å²) in [4.78, 5) is 11.9. The molecule has 1 unspecified atom stereocenters. The molecule has 1 atom stereocenters. The normalized spacial score (nSPS) is 19.0. The molecule has 1 aromatic rings. The first-order valence-corrected chi connectivity index (χ1v) is 8.53. The monoisotopic (exact) mass is 318 g/mol. The van der Waals surface area contributed by atoms with Crippen LogP contribution in [0.15, 0.2) is 23.1 Å². The quantitative estimate of drug-likeness (QED) is 0.629. The van der Waals surface area contributed by atoms with Crippen molar-refractivity contribution in [1.82, 2.24) is 0 Å². The van der Waals surface area contributed by atoms with E-state index >= 15 is 0 Å². The molecule has 2 rings (SSSR count). The molecule has 1 fully saturated rings. The van der Waals surface area contributed by atoms with Crippen LogP contribution >= 0.6 is 10.7 Å². The molecule has 0 aliphatic carbocycles. The first-order chi connectivity index (χ1) is 9.38. The van der Waals surface area contributed by atoms with Crippen molar-refractivity contribution in [1.29, 1.82) is 0 Å². The molecule has 0 radical (unpaired) electrons. The van der Waals surface area contributed by atoms with E-state index in [4.69, 9.17) is 20.2 Å². The summed E-state index contributed by atoms with van der Waals surface area (Å²) >= 11 is 0. The minimum absolute atomic E-state index is 0.0702. The third-order valence-electron chi connectivity index (χ3n) is 3.13. The van der Waals surface area contributed by atoms with Crippen molar-refractivity contribution >= 4 is 25.7 Å². The van der Waals surface area contributed by atoms with Crippen molar-refractivity contribution in [2.45, 2.75) is 30.8 Å². The van der Waals surface area contributed by atoms with Crippen LogP contribution in [0.5, 0.6) is 0 Å². The fourth-order valence-electron chi connectivity index (χ4n) is 1.99. The van der Waals surface area contributed by atoms with Crippen molar-refractivity contribution in [3.8, 4) is 0 Å². The lowest BCUT2D eigenvalue weighted by Crippen LogP contribution is -2.18. The van der Waals surface area contributed by atoms with Gasteiger partial charge in [-0.3, -0.25) is 0 Å². The third kappa shape index (κ3) is 3.71. The highest BCUT2D eigenvalue weighted by Gasteiger charge is 2.20. The molecule has 1 aromatic carbocycles. The minimum atomic E-state index is -3.87. The Hall–Kier alpha value is -1.11. The zero-order chi connectivity index (χ0) is 14.8. The Morgan fingerprint density at radius 2 is 2.25 bits per heavy atom. The van der Waals surface area contributed by atoms with Crippen LogP contribution in [0.3, 0.4) is 0 Å². The van der Waals surface area contributed by atoms with Gasteiger partial charge in [0.25, 0.3) is 9.05 Å². The smallest absolute Gasteiger partial charge is 0.338 e. The summed E-state index contributed by atoms with van der Waals surface area (Å²) in [7, 11) is 1.40. The van der Waals surface area contributed by atoms with Gasteiger partial charge in [0.2, 0.25) is 0 Å². The predicted molar refractivity (Wildman–Crippen MR) is 73.5 cm³/mol. The number of hydrogen-bond donors (Lipinski definition) is 0. The predicted octanol–water partition coefficient (Wildman–Crippen LogP) is 2.26. The average Bonchev–Trinajstić information content (AvgIpc) is 2.88. The number of ether oxygens (including phenoxy) is 2. The first-order valence-electron chi connectivity index (χ1n) is 6.22. The van der Waals surface area contributed by atoms with Crippen LogP contribution in [0.1, 0.15) is 28.8 Å². The fraction of sp³-hybridized carbons (Fsp3) is 0.462. The Labute approximate surface area is 122 Å². The highest BCUT2D eigenvalue weighted by molar-refractivity contribution is 8.13. The van der Waals surface area contributed by atoms with E-state index in [0.717, 1.165) is 12.8 Å². The van der Waals surface area contributed by atoms with Crippen molar-refractivity contribution < 1.29 is 22.7 Å². The van der Waals surface area contributed by atoms with E-state index in [1.54, 1.807) is 6.92 Å². The van der Waals surface area contributed by atoms with Crippen LogP contribution in [-0.4, -0.2) is 33.7 Å². The van der Waals surface area contributed by atoms with Gasteiger partial charge in [-0.1, -0.05) is 6.07 Å². The summed E-state index contributed by atoms with van der Waals surface area (Å²) in [6, 6.07) is 4.11. The summed E-state index contributed by atoms with van der Waals surface area (Å²) < 4.78 is 33.1. The van der Waals surface area contributed by atoms with Crippen LogP contribution < -0.4 is 0 Å². The Kier molecular flexibility index (Phi) is 4.67. The number of carbonyl (C=O) groups excluding carboxylic acids is 1. The molecule has 0 amide bonds. The summed E-state index contributed by atoms with van der Waals surface area (Å²) in [5, 5.41) is 0. The molecule has 7 heteroatoms. The highest BCUT2D eigenvalue weighted by atomic mass is 35.7. The van der Waals surface area contributed by atoms with E-state index in [-0.39, 0.29) is 23.2 Å². The largest absolute Gasteiger partial charge is 0.459 e. The fourth-order valence-corrected chi connectivity index (χ4v) is 2.77. The summed E-state index contributed by atoms with van der Waals surface area (Å²) in [6.45, 7) is 2.56. The maximum atomic E-state index is 12.0. The topological polar surface area (TPSA) is 69.7 Å². The number of halogens is 1. The molecule has 1 heterocycles. The Morgan fingerprint density at radius 1 is 1.50 bits per heavy atom. The Balaban J connectivity index is 2.12. The van der Waals surface area contributed by atoms with Gasteiger partial charge in [-0.15, -0.1) is 0 Å². The highest BCUT2D eigenvalue weighted by Crippen LogP contribution is 2.20. The second-order valence-electron chi connectivity index (χ2n) is 4.65. The first kappa shape index (κ1) is 15.3. The maximum Gasteiger partial charge on any atom is 0.338 e. The van der Waals surface area contributed by atoms with Gasteiger partial charge >= 0.3 is 5.97 Å². The standard InChI is InChI=1S/C13H15ClO5S/c1-9-4-5-11(20(14,16)17)7-12(9)13(15)19-8-10-3-2-6-18-10/h4-5,7,10H,2-3,6,8H2,1H3. The molecule has 1 aliphatic rings. The van der Waals surface area contributed by atoms with E-state index in [1.165, 1.54) is 18.2 Å². The Bertz CT molecular complexity index is 605. The van der Waals surface area contributed by atoms with E-state index in [9.17, 15) is 13.2 Å². The van der Waals surface area contributed by atoms with Gasteiger partial charge in [-0.05, 0) is 37.5 Å². The number of aryl methyl sites for hydroxylation is 1. The second kappa shape index (κ2) is 6.11. The van der Waals surface area contributed by atoms with E-state index in [2.05, 4.69) is 0 Å². The van der Waals surface area contributed by atoms with Gasteiger partial charge in [-0.25, -0.2) is 13.2 Å². The maximum absolute atomic E-state index is 12.0. The summed E-state index contributed by atoms with van der Waals surface area (Å²) in [5.74, 6) is -0.569. The van der Waals surface area contributed by atoms with Crippen molar-refractivity contribution in [2.75, 3.05) is 13.2 Å². The molecule has 1 aliphatic heterocycles. The molecule has 5 nitrogen and oxygen atoms in total. The van der Waals surface area contributed by atoms with Crippen LogP contribution in [0.4, 0.5) is 0 Å². The van der Waals surface area contributed by atoms with Crippen molar-refractivity contribution in [3.05, 3.63) is 29.3 Å². The molecule has 1 saturated heterocycles. The van der Waals surface area contributed by atoms with Gasteiger partial charge in [0, 0.05) is 17.3 Å². The zero-order valence-corrected chi connectivity index (χ0v) is 12.5. The molecule has 0 saturated carbocycles. The lowest BCUT2D eigenvalue weighted by molar-refractivity contribution is 0.0160. The number of esters is 1. The average molecular weight is 319 g/mol. The van der Waals surface area contributed by atoms with Crippen LogP contribution in [0.25, 0.3) is 0 Å². The van der Waals surface area contributed by atoms with Gasteiger partial charge in [-0.2, -0.15) is 0 Å². The van der Waals surface area contributed by atoms with Gasteiger partial charge in [0.15, 0.2) is 0 Å². The second-order valence-corrected chi connectivity index (χ2v) is 7.21. The van der Waals surface area contributed by atoms with E-state index < -0.39 is 15.0 Å². The molecule has 20 heavy (non-hydrogen) atoms. The van der Waals surface area contributed by atoms with Crippen LogP contribution in [0.2, 0.25) is 0 Å². The van der Waals surface area contributed by atoms with Crippen molar-refractivity contribution in [3.63, 3.8) is 0 Å². The summed E-state index contributed by atoms with van der Waals surface area (Å²) in [5.41, 5.74) is 0.830. The summed E-state index contributed by atoms with van der Waals surface area (Å²) in [6.07, 6.45) is 1.75. The molecule has 0 spiro atoms. The third-order valence-corrected chi connectivity index (χ3v) is 4.49. The van der Waals surface area contributed by atoms with E-state index in [1.807, 2.05) is 0 Å². The number of hydrogen-bond acceptors (Lipinski definition) is 5. The lowest BCUT2D eigenvalue weighted by Gasteiger charge is -2.11. The number of benzene rings is 1. The molecule has 0 N–H and O–H groups in total. The zero-order valence-electron chi connectivity index (χ0n) is 11.0. The molecular weight excluding hydrogens is 304 g/mol. The van der Waals surface area contributed by atoms with Gasteiger partial charge < -0.3 is 9.47 Å². The van der Waals surface area contributed by atoms with Crippen LogP contribution in [-0.2, 0) is 18.5 Å². The van der Waals surface area contributed by atoms with E-state index in [0.29, 0.717) is 12.2 Å². The van der Waals surface area contributed by atoms with Gasteiger partial charge in [0.05, 0.1) is 16.6 Å². The molecule has 0 aromatic heterocycles. The molecule has 0 bridgehead atoms. The Morgan fingerprint density at radius 3 is 2.85 bits per heavy atom. The van der Waals surface area contributed by atoms with Gasteiger partial charge in [0.1, 0.15) is 6.61 Å². The minimum Gasteiger partial charge on any atom is -0.459 e.